The van der Waals surface area contributed by atoms with Crippen LogP contribution in [-0.2, 0) is 4.79 Å². The van der Waals surface area contributed by atoms with Gasteiger partial charge in [-0.2, -0.15) is 5.10 Å². The molecule has 1 amide bonds. The molecule has 0 spiro atoms. The largest absolute Gasteiger partial charge is 0.454 e. The first-order chi connectivity index (χ1) is 11.6. The number of hydrogen-bond acceptors (Lipinski definition) is 5. The molecular formula is C17H16BrN3O3. The van der Waals surface area contributed by atoms with E-state index in [1.54, 1.807) is 12.3 Å². The number of rotatable bonds is 5. The number of nitrogens with one attached hydrogen (secondary N) is 2. The Hall–Kier alpha value is -2.54. The molecule has 7 heteroatoms. The molecule has 0 fully saturated rings. The normalized spacial score (nSPS) is 12.4. The van der Waals surface area contributed by atoms with E-state index in [4.69, 9.17) is 9.47 Å². The lowest BCUT2D eigenvalue weighted by molar-refractivity contribution is -0.119. The van der Waals surface area contributed by atoms with Gasteiger partial charge >= 0.3 is 0 Å². The van der Waals surface area contributed by atoms with Crippen molar-refractivity contribution >= 4 is 33.7 Å². The summed E-state index contributed by atoms with van der Waals surface area (Å²) >= 11 is 3.43. The van der Waals surface area contributed by atoms with Crippen LogP contribution in [0.5, 0.6) is 11.5 Å². The summed E-state index contributed by atoms with van der Waals surface area (Å²) in [6.07, 6.45) is 1.55. The van der Waals surface area contributed by atoms with Crippen molar-refractivity contribution in [1.29, 1.82) is 0 Å². The SMILES string of the molecule is Cc1ccc(NCC(=O)NN=Cc2cc3c(cc2Br)OCO3)cc1. The van der Waals surface area contributed by atoms with E-state index >= 15 is 0 Å². The minimum Gasteiger partial charge on any atom is -0.454 e. The average molecular weight is 390 g/mol. The van der Waals surface area contributed by atoms with Crippen LogP contribution in [0.2, 0.25) is 0 Å². The molecule has 2 N–H and O–H groups in total. The summed E-state index contributed by atoms with van der Waals surface area (Å²) < 4.78 is 11.4. The van der Waals surface area contributed by atoms with Gasteiger partial charge in [-0.15, -0.1) is 0 Å². The van der Waals surface area contributed by atoms with E-state index in [0.717, 1.165) is 15.7 Å². The monoisotopic (exact) mass is 389 g/mol. The van der Waals surface area contributed by atoms with Gasteiger partial charge in [0.25, 0.3) is 5.91 Å². The van der Waals surface area contributed by atoms with Gasteiger partial charge < -0.3 is 14.8 Å². The number of anilines is 1. The highest BCUT2D eigenvalue weighted by Crippen LogP contribution is 2.36. The molecule has 24 heavy (non-hydrogen) atoms. The quantitative estimate of drug-likeness (QED) is 0.608. The molecule has 0 radical (unpaired) electrons. The Morgan fingerprint density at radius 3 is 2.71 bits per heavy atom. The van der Waals surface area contributed by atoms with Gasteiger partial charge in [-0.1, -0.05) is 17.7 Å². The van der Waals surface area contributed by atoms with Crippen LogP contribution in [0.4, 0.5) is 5.69 Å². The number of hydrogen-bond donors (Lipinski definition) is 2. The molecule has 0 bridgehead atoms. The van der Waals surface area contributed by atoms with Crippen LogP contribution in [0.25, 0.3) is 0 Å². The van der Waals surface area contributed by atoms with Crippen molar-refractivity contribution < 1.29 is 14.3 Å². The topological polar surface area (TPSA) is 72.0 Å². The Morgan fingerprint density at radius 1 is 1.25 bits per heavy atom. The fourth-order valence-corrected chi connectivity index (χ4v) is 2.52. The predicted octanol–water partition coefficient (Wildman–Crippen LogP) is 3.05. The Bertz CT molecular complexity index is 775. The first-order valence-corrected chi connectivity index (χ1v) is 8.13. The van der Waals surface area contributed by atoms with Crippen molar-refractivity contribution in [3.63, 3.8) is 0 Å². The van der Waals surface area contributed by atoms with E-state index in [0.29, 0.717) is 11.5 Å². The summed E-state index contributed by atoms with van der Waals surface area (Å²) in [7, 11) is 0. The molecule has 6 nitrogen and oxygen atoms in total. The Balaban J connectivity index is 1.52. The molecule has 1 aliphatic rings. The summed E-state index contributed by atoms with van der Waals surface area (Å²) in [5.41, 5.74) is 5.32. The molecule has 0 saturated carbocycles. The number of ether oxygens (including phenoxy) is 2. The van der Waals surface area contributed by atoms with Gasteiger partial charge in [0.2, 0.25) is 6.79 Å². The van der Waals surface area contributed by atoms with Crippen molar-refractivity contribution in [2.24, 2.45) is 5.10 Å². The molecular weight excluding hydrogens is 374 g/mol. The Morgan fingerprint density at radius 2 is 1.96 bits per heavy atom. The predicted molar refractivity (Wildman–Crippen MR) is 95.7 cm³/mol. The fraction of sp³-hybridized carbons (Fsp3) is 0.176. The van der Waals surface area contributed by atoms with E-state index < -0.39 is 0 Å². The Labute approximate surface area is 148 Å². The second-order valence-electron chi connectivity index (χ2n) is 5.24. The van der Waals surface area contributed by atoms with E-state index in [9.17, 15) is 4.79 Å². The first-order valence-electron chi connectivity index (χ1n) is 7.33. The highest BCUT2D eigenvalue weighted by Gasteiger charge is 2.15. The fourth-order valence-electron chi connectivity index (χ4n) is 2.10. The standard InChI is InChI=1S/C17H16BrN3O3/c1-11-2-4-13(5-3-11)19-9-17(22)21-20-8-12-6-15-16(7-14(12)18)24-10-23-15/h2-8,19H,9-10H2,1H3,(H,21,22). The lowest BCUT2D eigenvalue weighted by Crippen LogP contribution is -2.25. The zero-order chi connectivity index (χ0) is 16.9. The van der Waals surface area contributed by atoms with Gasteiger partial charge in [0.05, 0.1) is 12.8 Å². The third-order valence-corrected chi connectivity index (χ3v) is 4.08. The molecule has 0 unspecified atom stereocenters. The number of halogens is 1. The summed E-state index contributed by atoms with van der Waals surface area (Å²) in [5.74, 6) is 1.11. The third kappa shape index (κ3) is 4.05. The van der Waals surface area contributed by atoms with Gasteiger partial charge in [0, 0.05) is 15.7 Å². The van der Waals surface area contributed by atoms with E-state index in [1.807, 2.05) is 37.3 Å². The maximum absolute atomic E-state index is 11.8. The van der Waals surface area contributed by atoms with Crippen molar-refractivity contribution in [3.8, 4) is 11.5 Å². The van der Waals surface area contributed by atoms with Crippen LogP contribution >= 0.6 is 15.9 Å². The molecule has 2 aromatic carbocycles. The minimum atomic E-state index is -0.233. The molecule has 2 aromatic rings. The molecule has 1 aliphatic heterocycles. The number of fused-ring (bicyclic) bond motifs is 1. The van der Waals surface area contributed by atoms with Crippen molar-refractivity contribution in [2.75, 3.05) is 18.7 Å². The zero-order valence-electron chi connectivity index (χ0n) is 13.0. The second-order valence-corrected chi connectivity index (χ2v) is 6.09. The number of amides is 1. The van der Waals surface area contributed by atoms with Crippen molar-refractivity contribution in [1.82, 2.24) is 5.43 Å². The smallest absolute Gasteiger partial charge is 0.259 e. The molecule has 0 aromatic heterocycles. The number of aryl methyl sites for hydroxylation is 1. The molecule has 0 saturated heterocycles. The molecule has 124 valence electrons. The van der Waals surface area contributed by atoms with Gasteiger partial charge in [0.1, 0.15) is 0 Å². The lowest BCUT2D eigenvalue weighted by Gasteiger charge is -2.05. The molecule has 0 aliphatic carbocycles. The van der Waals surface area contributed by atoms with Crippen LogP contribution in [0.3, 0.4) is 0 Å². The van der Waals surface area contributed by atoms with E-state index in [-0.39, 0.29) is 19.2 Å². The van der Waals surface area contributed by atoms with Crippen LogP contribution in [0.15, 0.2) is 46.0 Å². The van der Waals surface area contributed by atoms with Crippen LogP contribution in [-0.4, -0.2) is 25.5 Å². The highest BCUT2D eigenvalue weighted by atomic mass is 79.9. The highest BCUT2D eigenvalue weighted by molar-refractivity contribution is 9.10. The third-order valence-electron chi connectivity index (χ3n) is 3.39. The van der Waals surface area contributed by atoms with E-state index in [2.05, 4.69) is 31.8 Å². The summed E-state index contributed by atoms with van der Waals surface area (Å²) in [4.78, 5) is 11.8. The number of carbonyl (C=O) groups is 1. The first kappa shape index (κ1) is 16.3. The summed E-state index contributed by atoms with van der Waals surface area (Å²) in [5, 5.41) is 7.00. The maximum atomic E-state index is 11.8. The zero-order valence-corrected chi connectivity index (χ0v) is 14.6. The van der Waals surface area contributed by atoms with Crippen molar-refractivity contribution in [3.05, 3.63) is 52.0 Å². The summed E-state index contributed by atoms with van der Waals surface area (Å²) in [6, 6.07) is 11.4. The van der Waals surface area contributed by atoms with Crippen molar-refractivity contribution in [2.45, 2.75) is 6.92 Å². The average Bonchev–Trinajstić information content (AvgIpc) is 3.01. The second kappa shape index (κ2) is 7.35. The van der Waals surface area contributed by atoms with Gasteiger partial charge in [-0.05, 0) is 47.1 Å². The molecule has 1 heterocycles. The van der Waals surface area contributed by atoms with E-state index in [1.165, 1.54) is 5.56 Å². The molecule has 3 rings (SSSR count). The number of hydrazone groups is 1. The number of carbonyl (C=O) groups excluding carboxylic acids is 1. The van der Waals surface area contributed by atoms with Gasteiger partial charge in [-0.3, -0.25) is 4.79 Å². The minimum absolute atomic E-state index is 0.142. The van der Waals surface area contributed by atoms with Crippen LogP contribution in [0.1, 0.15) is 11.1 Å². The maximum Gasteiger partial charge on any atom is 0.259 e. The van der Waals surface area contributed by atoms with Gasteiger partial charge in [0.15, 0.2) is 11.5 Å². The van der Waals surface area contributed by atoms with Gasteiger partial charge in [-0.25, -0.2) is 5.43 Å². The number of benzene rings is 2. The molecule has 0 atom stereocenters. The van der Waals surface area contributed by atoms with Crippen LogP contribution < -0.4 is 20.2 Å². The summed E-state index contributed by atoms with van der Waals surface area (Å²) in [6.45, 7) is 2.37. The Kier molecular flexibility index (Phi) is 5.00. The van der Waals surface area contributed by atoms with Crippen LogP contribution in [0, 0.1) is 6.92 Å². The lowest BCUT2D eigenvalue weighted by atomic mass is 10.2. The number of nitrogens with zero attached hydrogens (tertiary/aromatic N) is 1.